The van der Waals surface area contributed by atoms with E-state index in [2.05, 4.69) is 0 Å². The van der Waals surface area contributed by atoms with Crippen LogP contribution in [-0.4, -0.2) is 37.4 Å². The maximum Gasteiger partial charge on any atom is 0.270 e. The summed E-state index contributed by atoms with van der Waals surface area (Å²) < 4.78 is 24.5. The number of amides is 1. The zero-order valence-corrected chi connectivity index (χ0v) is 12.5. The van der Waals surface area contributed by atoms with Gasteiger partial charge in [0.25, 0.3) is 15.0 Å². The Hall–Kier alpha value is -1.01. The van der Waals surface area contributed by atoms with Gasteiger partial charge in [-0.05, 0) is 25.3 Å². The van der Waals surface area contributed by atoms with Crippen LogP contribution in [0.1, 0.15) is 42.7 Å². The van der Waals surface area contributed by atoms with E-state index in [0.29, 0.717) is 12.2 Å². The summed E-state index contributed by atoms with van der Waals surface area (Å²) in [5.41, 5.74) is 0.401. The minimum atomic E-state index is -3.80. The molecule has 1 fully saturated rings. The molecule has 1 aliphatic rings. The Balaban J connectivity index is 2.38. The molecular weight excluding hydrogens is 288 g/mol. The standard InChI is InChI=1S/C12H17ClN2O3S/c1-3-6-14(2)12(16)11-7-10(19(13,17)18)8-15(11)9-4-5-9/h7-9H,3-6H2,1-2H3. The van der Waals surface area contributed by atoms with Crippen molar-refractivity contribution in [3.05, 3.63) is 18.0 Å². The lowest BCUT2D eigenvalue weighted by Gasteiger charge is -2.17. The van der Waals surface area contributed by atoms with E-state index < -0.39 is 9.05 Å². The highest BCUT2D eigenvalue weighted by atomic mass is 35.7. The molecule has 0 bridgehead atoms. The van der Waals surface area contributed by atoms with Gasteiger partial charge in [0.2, 0.25) is 0 Å². The second-order valence-corrected chi connectivity index (χ2v) is 7.43. The van der Waals surface area contributed by atoms with Crippen LogP contribution in [0, 0.1) is 0 Å². The molecule has 1 saturated carbocycles. The van der Waals surface area contributed by atoms with Crippen LogP contribution in [0.25, 0.3) is 0 Å². The van der Waals surface area contributed by atoms with Gasteiger partial charge in [-0.15, -0.1) is 0 Å². The van der Waals surface area contributed by atoms with Crippen molar-refractivity contribution in [3.63, 3.8) is 0 Å². The van der Waals surface area contributed by atoms with Crippen molar-refractivity contribution in [1.82, 2.24) is 9.47 Å². The number of nitrogens with zero attached hydrogens (tertiary/aromatic N) is 2. The highest BCUT2D eigenvalue weighted by Crippen LogP contribution is 2.37. The first-order valence-electron chi connectivity index (χ1n) is 6.26. The summed E-state index contributed by atoms with van der Waals surface area (Å²) in [6, 6.07) is 1.59. The number of hydrogen-bond acceptors (Lipinski definition) is 3. The Morgan fingerprint density at radius 1 is 1.53 bits per heavy atom. The Labute approximate surface area is 117 Å². The molecular formula is C12H17ClN2O3S. The number of rotatable bonds is 5. The fourth-order valence-corrected chi connectivity index (χ4v) is 2.79. The third-order valence-electron chi connectivity index (χ3n) is 3.17. The average molecular weight is 305 g/mol. The number of carbonyl (C=O) groups is 1. The topological polar surface area (TPSA) is 59.4 Å². The van der Waals surface area contributed by atoms with Crippen LogP contribution in [0.15, 0.2) is 17.2 Å². The molecule has 2 rings (SSSR count). The number of aromatic nitrogens is 1. The Bertz CT molecular complexity index is 590. The number of halogens is 1. The van der Waals surface area contributed by atoms with Gasteiger partial charge < -0.3 is 9.47 Å². The van der Waals surface area contributed by atoms with Gasteiger partial charge in [-0.3, -0.25) is 4.79 Å². The molecule has 106 valence electrons. The zero-order valence-electron chi connectivity index (χ0n) is 11.0. The smallest absolute Gasteiger partial charge is 0.270 e. The van der Waals surface area contributed by atoms with E-state index in [-0.39, 0.29) is 16.8 Å². The van der Waals surface area contributed by atoms with Crippen molar-refractivity contribution in [2.24, 2.45) is 0 Å². The Morgan fingerprint density at radius 2 is 2.16 bits per heavy atom. The van der Waals surface area contributed by atoms with Crippen LogP contribution in [0.2, 0.25) is 0 Å². The molecule has 0 aromatic carbocycles. The van der Waals surface area contributed by atoms with E-state index in [9.17, 15) is 13.2 Å². The molecule has 1 aromatic rings. The summed E-state index contributed by atoms with van der Waals surface area (Å²) in [6.45, 7) is 2.62. The Morgan fingerprint density at radius 3 is 2.63 bits per heavy atom. The molecule has 0 aliphatic heterocycles. The van der Waals surface area contributed by atoms with Gasteiger partial charge in [0.05, 0.1) is 0 Å². The molecule has 0 radical (unpaired) electrons. The maximum absolute atomic E-state index is 12.3. The predicted molar refractivity (Wildman–Crippen MR) is 73.0 cm³/mol. The van der Waals surface area contributed by atoms with E-state index in [4.69, 9.17) is 10.7 Å². The monoisotopic (exact) mass is 304 g/mol. The fraction of sp³-hybridized carbons (Fsp3) is 0.583. The molecule has 0 spiro atoms. The van der Waals surface area contributed by atoms with Gasteiger partial charge in [0, 0.05) is 36.5 Å². The molecule has 7 heteroatoms. The van der Waals surface area contributed by atoms with Gasteiger partial charge in [0.1, 0.15) is 10.6 Å². The van der Waals surface area contributed by atoms with Crippen molar-refractivity contribution < 1.29 is 13.2 Å². The summed E-state index contributed by atoms with van der Waals surface area (Å²) in [5.74, 6) is -0.166. The number of hydrogen-bond donors (Lipinski definition) is 0. The predicted octanol–water partition coefficient (Wildman–Crippen LogP) is 2.23. The van der Waals surface area contributed by atoms with E-state index >= 15 is 0 Å². The minimum Gasteiger partial charge on any atom is -0.340 e. The van der Waals surface area contributed by atoms with Crippen LogP contribution < -0.4 is 0 Å². The highest BCUT2D eigenvalue weighted by molar-refractivity contribution is 8.13. The lowest BCUT2D eigenvalue weighted by molar-refractivity contribution is 0.0784. The normalized spacial score (nSPS) is 15.5. The van der Waals surface area contributed by atoms with Gasteiger partial charge in [-0.25, -0.2) is 8.42 Å². The van der Waals surface area contributed by atoms with E-state index in [1.165, 1.54) is 12.3 Å². The lowest BCUT2D eigenvalue weighted by Crippen LogP contribution is -2.29. The third kappa shape index (κ3) is 3.12. The van der Waals surface area contributed by atoms with E-state index in [1.54, 1.807) is 16.5 Å². The first kappa shape index (κ1) is 14.4. The quantitative estimate of drug-likeness (QED) is 0.784. The third-order valence-corrected chi connectivity index (χ3v) is 4.49. The fourth-order valence-electron chi connectivity index (χ4n) is 2.05. The van der Waals surface area contributed by atoms with Crippen LogP contribution in [0.4, 0.5) is 0 Å². The zero-order chi connectivity index (χ0) is 14.2. The first-order valence-corrected chi connectivity index (χ1v) is 8.57. The molecule has 0 saturated heterocycles. The van der Waals surface area contributed by atoms with Crippen molar-refractivity contribution in [2.45, 2.75) is 37.1 Å². The summed E-state index contributed by atoms with van der Waals surface area (Å²) in [5, 5.41) is 0. The lowest BCUT2D eigenvalue weighted by atomic mass is 10.3. The van der Waals surface area contributed by atoms with Gasteiger partial charge >= 0.3 is 0 Å². The van der Waals surface area contributed by atoms with Crippen molar-refractivity contribution in [2.75, 3.05) is 13.6 Å². The van der Waals surface area contributed by atoms with Gasteiger partial charge in [-0.1, -0.05) is 6.92 Å². The molecule has 0 atom stereocenters. The summed E-state index contributed by atoms with van der Waals surface area (Å²) in [4.78, 5) is 13.9. The molecule has 1 amide bonds. The summed E-state index contributed by atoms with van der Waals surface area (Å²) >= 11 is 0. The average Bonchev–Trinajstić information content (AvgIpc) is 3.06. The maximum atomic E-state index is 12.3. The van der Waals surface area contributed by atoms with Crippen LogP contribution in [0.3, 0.4) is 0 Å². The molecule has 1 aromatic heterocycles. The molecule has 19 heavy (non-hydrogen) atoms. The van der Waals surface area contributed by atoms with E-state index in [0.717, 1.165) is 19.3 Å². The summed E-state index contributed by atoms with van der Waals surface area (Å²) in [6.07, 6.45) is 4.25. The minimum absolute atomic E-state index is 0.00526. The SMILES string of the molecule is CCCN(C)C(=O)c1cc(S(=O)(=O)Cl)cn1C1CC1. The first-order chi connectivity index (χ1) is 8.84. The molecule has 0 N–H and O–H groups in total. The molecule has 5 nitrogen and oxygen atoms in total. The largest absolute Gasteiger partial charge is 0.340 e. The van der Waals surface area contributed by atoms with Crippen LogP contribution in [-0.2, 0) is 9.05 Å². The second kappa shape index (κ2) is 5.17. The van der Waals surface area contributed by atoms with Gasteiger partial charge in [0.15, 0.2) is 0 Å². The number of carbonyl (C=O) groups excluding carboxylic acids is 1. The van der Waals surface area contributed by atoms with Gasteiger partial charge in [-0.2, -0.15) is 0 Å². The van der Waals surface area contributed by atoms with Crippen molar-refractivity contribution in [3.8, 4) is 0 Å². The van der Waals surface area contributed by atoms with Crippen LogP contribution >= 0.6 is 10.7 Å². The molecule has 0 unspecified atom stereocenters. The highest BCUT2D eigenvalue weighted by Gasteiger charge is 2.30. The summed E-state index contributed by atoms with van der Waals surface area (Å²) in [7, 11) is 3.26. The van der Waals surface area contributed by atoms with E-state index in [1.807, 2.05) is 6.92 Å². The Kier molecular flexibility index (Phi) is 3.92. The molecule has 1 heterocycles. The van der Waals surface area contributed by atoms with Crippen LogP contribution in [0.5, 0.6) is 0 Å². The molecule has 1 aliphatic carbocycles. The van der Waals surface area contributed by atoms with Crippen molar-refractivity contribution in [1.29, 1.82) is 0 Å². The second-order valence-electron chi connectivity index (χ2n) is 4.86. The van der Waals surface area contributed by atoms with Crippen molar-refractivity contribution >= 4 is 25.6 Å².